The van der Waals surface area contributed by atoms with Crippen LogP contribution >= 0.6 is 22.7 Å². The SMILES string of the molecule is Cc1sc(NC(=O)c2ccc(S(=O)(=O)N3CCOCC3)cc2)c(-c2nc3ccccc3s2)c1C. The fourth-order valence-corrected chi connectivity index (χ4v) is 7.45. The van der Waals surface area contributed by atoms with Gasteiger partial charge < -0.3 is 10.1 Å². The van der Waals surface area contributed by atoms with Crippen molar-refractivity contribution in [1.82, 2.24) is 9.29 Å². The summed E-state index contributed by atoms with van der Waals surface area (Å²) in [6.07, 6.45) is 0. The number of carbonyl (C=O) groups is 1. The van der Waals surface area contributed by atoms with Crippen LogP contribution in [-0.2, 0) is 14.8 Å². The molecule has 1 amide bonds. The normalized spacial score (nSPS) is 15.0. The van der Waals surface area contributed by atoms with Gasteiger partial charge in [-0.3, -0.25) is 4.79 Å². The number of aromatic nitrogens is 1. The van der Waals surface area contributed by atoms with E-state index >= 15 is 0 Å². The van der Waals surface area contributed by atoms with Crippen LogP contribution in [0, 0.1) is 13.8 Å². The molecule has 1 aliphatic rings. The zero-order valence-electron chi connectivity index (χ0n) is 18.7. The molecule has 1 N–H and O–H groups in total. The highest BCUT2D eigenvalue weighted by Gasteiger charge is 2.26. The number of carbonyl (C=O) groups excluding carboxylic acids is 1. The number of aryl methyl sites for hydroxylation is 1. The number of morpholine rings is 1. The van der Waals surface area contributed by atoms with E-state index < -0.39 is 10.0 Å². The van der Waals surface area contributed by atoms with E-state index in [9.17, 15) is 13.2 Å². The van der Waals surface area contributed by atoms with Gasteiger partial charge in [-0.05, 0) is 55.8 Å². The number of sulfonamides is 1. The molecule has 0 aliphatic carbocycles. The van der Waals surface area contributed by atoms with Gasteiger partial charge in [0.05, 0.1) is 28.3 Å². The number of fused-ring (bicyclic) bond motifs is 1. The Morgan fingerprint density at radius 2 is 1.74 bits per heavy atom. The summed E-state index contributed by atoms with van der Waals surface area (Å²) < 4.78 is 33.4. The first-order valence-corrected chi connectivity index (χ1v) is 13.9. The molecule has 2 aromatic heterocycles. The van der Waals surface area contributed by atoms with Gasteiger partial charge in [0.15, 0.2) is 0 Å². The van der Waals surface area contributed by atoms with Crippen LogP contribution in [0.4, 0.5) is 5.00 Å². The number of thiazole rings is 1. The molecule has 4 aromatic rings. The Morgan fingerprint density at radius 3 is 2.44 bits per heavy atom. The number of nitrogens with zero attached hydrogens (tertiary/aromatic N) is 2. The average molecular weight is 514 g/mol. The van der Waals surface area contributed by atoms with E-state index in [0.29, 0.717) is 31.9 Å². The van der Waals surface area contributed by atoms with E-state index in [0.717, 1.165) is 36.2 Å². The van der Waals surface area contributed by atoms with Crippen LogP contribution in [0.25, 0.3) is 20.8 Å². The smallest absolute Gasteiger partial charge is 0.256 e. The van der Waals surface area contributed by atoms with Crippen LogP contribution in [0.5, 0.6) is 0 Å². The summed E-state index contributed by atoms with van der Waals surface area (Å²) in [6.45, 7) is 5.49. The van der Waals surface area contributed by atoms with Gasteiger partial charge in [-0.1, -0.05) is 12.1 Å². The highest BCUT2D eigenvalue weighted by Crippen LogP contribution is 2.43. The lowest BCUT2D eigenvalue weighted by Gasteiger charge is -2.26. The van der Waals surface area contributed by atoms with Crippen molar-refractivity contribution in [1.29, 1.82) is 0 Å². The van der Waals surface area contributed by atoms with Gasteiger partial charge in [-0.25, -0.2) is 13.4 Å². The first kappa shape index (κ1) is 23.1. The lowest BCUT2D eigenvalue weighted by atomic mass is 10.1. The van der Waals surface area contributed by atoms with E-state index in [1.54, 1.807) is 23.5 Å². The Morgan fingerprint density at radius 1 is 1.03 bits per heavy atom. The first-order valence-electron chi connectivity index (χ1n) is 10.8. The number of hydrogen-bond donors (Lipinski definition) is 1. The minimum Gasteiger partial charge on any atom is -0.379 e. The zero-order valence-corrected chi connectivity index (χ0v) is 21.1. The fourth-order valence-electron chi connectivity index (χ4n) is 3.84. The van der Waals surface area contributed by atoms with Gasteiger partial charge >= 0.3 is 0 Å². The van der Waals surface area contributed by atoms with Crippen molar-refractivity contribution in [3.63, 3.8) is 0 Å². The summed E-state index contributed by atoms with van der Waals surface area (Å²) >= 11 is 3.11. The van der Waals surface area contributed by atoms with E-state index in [-0.39, 0.29) is 10.8 Å². The third kappa shape index (κ3) is 4.27. The van der Waals surface area contributed by atoms with Crippen molar-refractivity contribution in [2.75, 3.05) is 31.6 Å². The van der Waals surface area contributed by atoms with Crippen LogP contribution in [0.1, 0.15) is 20.8 Å². The maximum atomic E-state index is 13.1. The van der Waals surface area contributed by atoms with Gasteiger partial charge in [0.1, 0.15) is 10.0 Å². The molecule has 176 valence electrons. The highest BCUT2D eigenvalue weighted by atomic mass is 32.2. The number of hydrogen-bond acceptors (Lipinski definition) is 7. The van der Waals surface area contributed by atoms with Crippen molar-refractivity contribution in [2.45, 2.75) is 18.7 Å². The number of nitrogens with one attached hydrogen (secondary N) is 1. The molecule has 2 aromatic carbocycles. The molecule has 0 radical (unpaired) electrons. The molecule has 0 unspecified atom stereocenters. The highest BCUT2D eigenvalue weighted by molar-refractivity contribution is 7.89. The van der Waals surface area contributed by atoms with E-state index in [4.69, 9.17) is 9.72 Å². The van der Waals surface area contributed by atoms with Crippen molar-refractivity contribution in [2.24, 2.45) is 0 Å². The molecule has 1 fully saturated rings. The first-order chi connectivity index (χ1) is 16.3. The lowest BCUT2D eigenvalue weighted by molar-refractivity contribution is 0.0730. The summed E-state index contributed by atoms with van der Waals surface area (Å²) in [6, 6.07) is 14.0. The number of amides is 1. The van der Waals surface area contributed by atoms with Gasteiger partial charge in [-0.15, -0.1) is 22.7 Å². The monoisotopic (exact) mass is 513 g/mol. The van der Waals surface area contributed by atoms with Gasteiger partial charge in [0.2, 0.25) is 10.0 Å². The van der Waals surface area contributed by atoms with Gasteiger partial charge in [0, 0.05) is 29.1 Å². The van der Waals surface area contributed by atoms with Crippen LogP contribution < -0.4 is 5.32 Å². The molecule has 34 heavy (non-hydrogen) atoms. The second-order valence-corrected chi connectivity index (χ2v) is 12.2. The van der Waals surface area contributed by atoms with Crippen molar-refractivity contribution in [3.05, 3.63) is 64.5 Å². The molecular weight excluding hydrogens is 490 g/mol. The summed E-state index contributed by atoms with van der Waals surface area (Å²) in [5.41, 5.74) is 3.34. The molecule has 0 spiro atoms. The lowest BCUT2D eigenvalue weighted by Crippen LogP contribution is -2.40. The Hall–Kier alpha value is -2.63. The van der Waals surface area contributed by atoms with Crippen molar-refractivity contribution < 1.29 is 17.9 Å². The quantitative estimate of drug-likeness (QED) is 0.409. The summed E-state index contributed by atoms with van der Waals surface area (Å²) in [7, 11) is -3.60. The zero-order chi connectivity index (χ0) is 23.9. The maximum absolute atomic E-state index is 13.1. The topological polar surface area (TPSA) is 88.6 Å². The predicted octanol–water partition coefficient (Wildman–Crippen LogP) is 4.91. The van der Waals surface area contributed by atoms with Crippen molar-refractivity contribution >= 4 is 53.8 Å². The summed E-state index contributed by atoms with van der Waals surface area (Å²) in [4.78, 5) is 19.1. The van der Waals surface area contributed by atoms with Gasteiger partial charge in [0.25, 0.3) is 5.91 Å². The largest absolute Gasteiger partial charge is 0.379 e. The molecule has 3 heterocycles. The standard InChI is InChI=1S/C24H23N3O4S3/c1-15-16(2)32-24(21(15)23-25-19-5-3-4-6-20(19)33-23)26-22(28)17-7-9-18(10-8-17)34(29,30)27-11-13-31-14-12-27/h3-10H,11-14H2,1-2H3,(H,26,28). The second kappa shape index (κ2) is 9.20. The van der Waals surface area contributed by atoms with Crippen LogP contribution in [0.2, 0.25) is 0 Å². The van der Waals surface area contributed by atoms with Crippen molar-refractivity contribution in [3.8, 4) is 10.6 Å². The molecule has 7 nitrogen and oxygen atoms in total. The number of anilines is 1. The van der Waals surface area contributed by atoms with Crippen LogP contribution in [0.15, 0.2) is 53.4 Å². The molecule has 10 heteroatoms. The fraction of sp³-hybridized carbons (Fsp3) is 0.250. The number of ether oxygens (including phenoxy) is 1. The number of para-hydroxylation sites is 1. The molecular formula is C24H23N3O4S3. The number of benzene rings is 2. The minimum atomic E-state index is -3.60. The van der Waals surface area contributed by atoms with Crippen LogP contribution in [0.3, 0.4) is 0 Å². The Balaban J connectivity index is 1.40. The summed E-state index contributed by atoms with van der Waals surface area (Å²) in [5.74, 6) is -0.293. The third-order valence-electron chi connectivity index (χ3n) is 5.84. The molecule has 1 aliphatic heterocycles. The number of thiophene rings is 1. The maximum Gasteiger partial charge on any atom is 0.256 e. The minimum absolute atomic E-state index is 0.170. The third-order valence-corrected chi connectivity index (χ3v) is 9.93. The van der Waals surface area contributed by atoms with E-state index in [1.165, 1.54) is 27.8 Å². The molecule has 0 atom stereocenters. The Labute approximate surface area is 206 Å². The molecule has 0 saturated carbocycles. The molecule has 1 saturated heterocycles. The number of rotatable bonds is 5. The van der Waals surface area contributed by atoms with Crippen LogP contribution in [-0.4, -0.2) is 49.9 Å². The van der Waals surface area contributed by atoms with Gasteiger partial charge in [-0.2, -0.15) is 4.31 Å². The Kier molecular flexibility index (Phi) is 6.26. The van der Waals surface area contributed by atoms with E-state index in [1.807, 2.05) is 38.1 Å². The predicted molar refractivity (Wildman–Crippen MR) is 136 cm³/mol. The molecule has 0 bridgehead atoms. The molecule has 5 rings (SSSR count). The summed E-state index contributed by atoms with van der Waals surface area (Å²) in [5, 5.41) is 4.63. The average Bonchev–Trinajstić information content (AvgIpc) is 3.39. The van der Waals surface area contributed by atoms with E-state index in [2.05, 4.69) is 5.32 Å². The second-order valence-electron chi connectivity index (χ2n) is 7.97. The Bertz CT molecular complexity index is 1430.